The molecule has 2 N–H and O–H groups in total. The summed E-state index contributed by atoms with van der Waals surface area (Å²) >= 11 is 1.19. The van der Waals surface area contributed by atoms with Crippen molar-refractivity contribution < 1.29 is 17.6 Å². The van der Waals surface area contributed by atoms with E-state index in [1.807, 2.05) is 0 Å². The van der Waals surface area contributed by atoms with Crippen LogP contribution in [0.1, 0.15) is 16.1 Å². The molecule has 0 saturated heterocycles. The molecule has 0 radical (unpaired) electrons. The molecule has 24 heavy (non-hydrogen) atoms. The summed E-state index contributed by atoms with van der Waals surface area (Å²) in [5.74, 6) is 0.192. The smallest absolute Gasteiger partial charge is 0.263 e. The van der Waals surface area contributed by atoms with E-state index in [1.54, 1.807) is 18.4 Å². The van der Waals surface area contributed by atoms with Gasteiger partial charge < -0.3 is 9.73 Å². The van der Waals surface area contributed by atoms with Gasteiger partial charge in [0, 0.05) is 17.3 Å². The summed E-state index contributed by atoms with van der Waals surface area (Å²) in [6.07, 6.45) is 2.95. The summed E-state index contributed by atoms with van der Waals surface area (Å²) in [7, 11) is -3.71. The Hall–Kier alpha value is -2.65. The van der Waals surface area contributed by atoms with Crippen molar-refractivity contribution in [2.75, 3.05) is 10.0 Å². The van der Waals surface area contributed by atoms with Crippen molar-refractivity contribution in [1.29, 1.82) is 0 Å². The lowest BCUT2D eigenvalue weighted by Crippen LogP contribution is -2.14. The second-order valence-electron chi connectivity index (χ2n) is 4.81. The minimum Gasteiger partial charge on any atom is -0.469 e. The Morgan fingerprint density at radius 1 is 1.21 bits per heavy atom. The molecule has 0 atom stereocenters. The normalized spacial score (nSPS) is 11.2. The molecule has 1 amide bonds. The Balaban J connectivity index is 1.73. The molecule has 3 aromatic rings. The van der Waals surface area contributed by atoms with E-state index in [9.17, 15) is 13.2 Å². The van der Waals surface area contributed by atoms with Crippen LogP contribution in [0.4, 0.5) is 10.8 Å². The van der Waals surface area contributed by atoms with Crippen LogP contribution < -0.4 is 10.0 Å². The molecule has 0 saturated carbocycles. The van der Waals surface area contributed by atoms with E-state index in [-0.39, 0.29) is 10.8 Å². The molecule has 1 aromatic carbocycles. The fourth-order valence-corrected chi connectivity index (χ4v) is 3.77. The number of carbonyl (C=O) groups excluding carboxylic acids is 1. The lowest BCUT2D eigenvalue weighted by atomic mass is 10.2. The lowest BCUT2D eigenvalue weighted by molar-refractivity contribution is 0.102. The summed E-state index contributed by atoms with van der Waals surface area (Å²) in [5.41, 5.74) is 0.908. The zero-order chi connectivity index (χ0) is 17.2. The second-order valence-corrected chi connectivity index (χ2v) is 7.39. The van der Waals surface area contributed by atoms with Gasteiger partial charge in [-0.2, -0.15) is 0 Å². The number of anilines is 2. The quantitative estimate of drug-likeness (QED) is 0.725. The molecule has 0 fully saturated rings. The fourth-order valence-electron chi connectivity index (χ4n) is 1.98. The number of thiazole rings is 1. The number of aryl methyl sites for hydroxylation is 1. The first-order chi connectivity index (χ1) is 11.5. The van der Waals surface area contributed by atoms with Crippen LogP contribution in [0, 0.1) is 6.92 Å². The molecule has 0 aliphatic carbocycles. The monoisotopic (exact) mass is 363 g/mol. The molecule has 2 aromatic heterocycles. The van der Waals surface area contributed by atoms with E-state index < -0.39 is 10.0 Å². The van der Waals surface area contributed by atoms with Crippen molar-refractivity contribution in [1.82, 2.24) is 4.98 Å². The lowest BCUT2D eigenvalue weighted by Gasteiger charge is -2.07. The van der Waals surface area contributed by atoms with Gasteiger partial charge in [0.15, 0.2) is 5.13 Å². The van der Waals surface area contributed by atoms with Gasteiger partial charge in [0.1, 0.15) is 5.76 Å². The molecule has 124 valence electrons. The number of furan rings is 1. The van der Waals surface area contributed by atoms with Crippen LogP contribution in [0.15, 0.2) is 57.5 Å². The Morgan fingerprint density at radius 3 is 2.54 bits per heavy atom. The highest BCUT2D eigenvalue weighted by molar-refractivity contribution is 7.93. The van der Waals surface area contributed by atoms with E-state index in [0.717, 1.165) is 0 Å². The van der Waals surface area contributed by atoms with E-state index >= 15 is 0 Å². The van der Waals surface area contributed by atoms with Crippen molar-refractivity contribution in [2.45, 2.75) is 11.8 Å². The minimum atomic E-state index is -3.71. The first kappa shape index (κ1) is 16.2. The van der Waals surface area contributed by atoms with E-state index in [0.29, 0.717) is 22.1 Å². The van der Waals surface area contributed by atoms with Gasteiger partial charge in [0.2, 0.25) is 0 Å². The molecule has 0 spiro atoms. The van der Waals surface area contributed by atoms with Crippen molar-refractivity contribution in [3.8, 4) is 0 Å². The molecule has 0 bridgehead atoms. The number of benzene rings is 1. The van der Waals surface area contributed by atoms with Crippen LogP contribution in [-0.4, -0.2) is 19.3 Å². The summed E-state index contributed by atoms with van der Waals surface area (Å²) < 4.78 is 31.9. The summed E-state index contributed by atoms with van der Waals surface area (Å²) in [6, 6.07) is 7.43. The first-order valence-electron chi connectivity index (χ1n) is 6.83. The fraction of sp³-hybridized carbons (Fsp3) is 0.0667. The van der Waals surface area contributed by atoms with Gasteiger partial charge in [-0.25, -0.2) is 13.4 Å². The van der Waals surface area contributed by atoms with Gasteiger partial charge in [0.25, 0.3) is 15.9 Å². The second kappa shape index (κ2) is 6.46. The van der Waals surface area contributed by atoms with Gasteiger partial charge >= 0.3 is 0 Å². The van der Waals surface area contributed by atoms with Gasteiger partial charge in [-0.05, 0) is 37.3 Å². The number of aromatic nitrogens is 1. The summed E-state index contributed by atoms with van der Waals surface area (Å²) in [4.78, 5) is 16.0. The highest BCUT2D eigenvalue weighted by atomic mass is 32.2. The van der Waals surface area contributed by atoms with Crippen LogP contribution in [-0.2, 0) is 10.0 Å². The zero-order valence-corrected chi connectivity index (χ0v) is 14.1. The molecule has 9 heteroatoms. The number of hydrogen-bond donors (Lipinski definition) is 2. The van der Waals surface area contributed by atoms with Crippen LogP contribution >= 0.6 is 11.3 Å². The van der Waals surface area contributed by atoms with Crippen LogP contribution in [0.3, 0.4) is 0 Å². The highest BCUT2D eigenvalue weighted by Gasteiger charge is 2.16. The topological polar surface area (TPSA) is 101 Å². The van der Waals surface area contributed by atoms with Gasteiger partial charge in [-0.1, -0.05) is 0 Å². The maximum absolute atomic E-state index is 12.2. The zero-order valence-electron chi connectivity index (χ0n) is 12.5. The van der Waals surface area contributed by atoms with Gasteiger partial charge in [-0.15, -0.1) is 11.3 Å². The molecular weight excluding hydrogens is 350 g/mol. The Kier molecular flexibility index (Phi) is 4.36. The number of hydrogen-bond acceptors (Lipinski definition) is 6. The molecule has 7 nitrogen and oxygen atoms in total. The molecular formula is C15H13N3O4S2. The average Bonchev–Trinajstić information content (AvgIpc) is 3.19. The third kappa shape index (κ3) is 3.47. The SMILES string of the molecule is Cc1occc1C(=O)Nc1ccc(S(=O)(=O)Nc2nccs2)cc1. The van der Waals surface area contributed by atoms with E-state index in [2.05, 4.69) is 15.0 Å². The van der Waals surface area contributed by atoms with Crippen molar-refractivity contribution in [2.24, 2.45) is 0 Å². The minimum absolute atomic E-state index is 0.0789. The Bertz CT molecular complexity index is 945. The maximum Gasteiger partial charge on any atom is 0.263 e. The molecule has 0 aliphatic rings. The third-order valence-corrected chi connectivity index (χ3v) is 5.35. The van der Waals surface area contributed by atoms with E-state index in [1.165, 1.54) is 48.1 Å². The van der Waals surface area contributed by atoms with Crippen LogP contribution in [0.25, 0.3) is 0 Å². The van der Waals surface area contributed by atoms with E-state index in [4.69, 9.17) is 4.42 Å². The molecule has 0 unspecified atom stereocenters. The van der Waals surface area contributed by atoms with Crippen LogP contribution in [0.5, 0.6) is 0 Å². The Labute approximate surface area is 142 Å². The number of nitrogens with one attached hydrogen (secondary N) is 2. The average molecular weight is 363 g/mol. The third-order valence-electron chi connectivity index (χ3n) is 3.18. The largest absolute Gasteiger partial charge is 0.469 e. The summed E-state index contributed by atoms with van der Waals surface area (Å²) in [6.45, 7) is 1.69. The maximum atomic E-state index is 12.2. The number of amides is 1. The first-order valence-corrected chi connectivity index (χ1v) is 9.20. The number of nitrogens with zero attached hydrogens (tertiary/aromatic N) is 1. The molecule has 3 rings (SSSR count). The van der Waals surface area contributed by atoms with Crippen molar-refractivity contribution >= 4 is 38.1 Å². The predicted octanol–water partition coefficient (Wildman–Crippen LogP) is 3.10. The molecule has 0 aliphatic heterocycles. The van der Waals surface area contributed by atoms with Crippen LogP contribution in [0.2, 0.25) is 0 Å². The number of sulfonamides is 1. The van der Waals surface area contributed by atoms with Gasteiger partial charge in [-0.3, -0.25) is 9.52 Å². The molecule has 2 heterocycles. The Morgan fingerprint density at radius 2 is 1.96 bits per heavy atom. The number of rotatable bonds is 5. The van der Waals surface area contributed by atoms with Gasteiger partial charge in [0.05, 0.1) is 16.7 Å². The standard InChI is InChI=1S/C15H13N3O4S2/c1-10-13(6-8-22-10)14(19)17-11-2-4-12(5-3-11)24(20,21)18-15-16-7-9-23-15/h2-9H,1H3,(H,16,18)(H,17,19). The highest BCUT2D eigenvalue weighted by Crippen LogP contribution is 2.20. The van der Waals surface area contributed by atoms with Crippen molar-refractivity contribution in [3.63, 3.8) is 0 Å². The summed E-state index contributed by atoms with van der Waals surface area (Å²) in [5, 5.41) is 4.65. The predicted molar refractivity (Wildman–Crippen MR) is 90.8 cm³/mol. The number of carbonyl (C=O) groups is 1. The van der Waals surface area contributed by atoms with Crippen molar-refractivity contribution in [3.05, 3.63) is 59.5 Å².